The molecule has 0 fully saturated rings. The first-order chi connectivity index (χ1) is 12.0. The molecular formula is C20H22N2O3. The van der Waals surface area contributed by atoms with Crippen molar-refractivity contribution >= 4 is 12.0 Å². The van der Waals surface area contributed by atoms with Gasteiger partial charge in [0, 0.05) is 19.6 Å². The third-order valence-electron chi connectivity index (χ3n) is 4.83. The lowest BCUT2D eigenvalue weighted by Gasteiger charge is -2.32. The van der Waals surface area contributed by atoms with Crippen LogP contribution in [0, 0.1) is 0 Å². The Morgan fingerprint density at radius 3 is 2.48 bits per heavy atom. The maximum Gasteiger partial charge on any atom is 0.335 e. The summed E-state index contributed by atoms with van der Waals surface area (Å²) in [5.74, 6) is -0.951. The van der Waals surface area contributed by atoms with E-state index < -0.39 is 5.97 Å². The molecule has 1 atom stereocenters. The summed E-state index contributed by atoms with van der Waals surface area (Å²) in [7, 11) is 1.83. The van der Waals surface area contributed by atoms with Gasteiger partial charge in [0.1, 0.15) is 0 Å². The molecule has 0 saturated carbocycles. The van der Waals surface area contributed by atoms with Crippen LogP contribution < -0.4 is 5.32 Å². The van der Waals surface area contributed by atoms with Crippen LogP contribution in [0.2, 0.25) is 0 Å². The summed E-state index contributed by atoms with van der Waals surface area (Å²) in [4.78, 5) is 25.1. The highest BCUT2D eigenvalue weighted by molar-refractivity contribution is 5.87. The lowest BCUT2D eigenvalue weighted by atomic mass is 9.88. The van der Waals surface area contributed by atoms with E-state index in [1.807, 2.05) is 13.1 Å². The van der Waals surface area contributed by atoms with Gasteiger partial charge in [0.2, 0.25) is 0 Å². The lowest BCUT2D eigenvalue weighted by Crippen LogP contribution is -2.45. The second-order valence-corrected chi connectivity index (χ2v) is 6.44. The average Bonchev–Trinajstić information content (AvgIpc) is 2.65. The van der Waals surface area contributed by atoms with Crippen molar-refractivity contribution in [3.63, 3.8) is 0 Å². The summed E-state index contributed by atoms with van der Waals surface area (Å²) in [5.41, 5.74) is 3.82. The predicted octanol–water partition coefficient (Wildman–Crippen LogP) is 3.08. The minimum absolute atomic E-state index is 0.105. The van der Waals surface area contributed by atoms with Gasteiger partial charge in [-0.3, -0.25) is 0 Å². The first-order valence-electron chi connectivity index (χ1n) is 8.44. The van der Waals surface area contributed by atoms with Crippen LogP contribution in [0.3, 0.4) is 0 Å². The number of nitrogens with zero attached hydrogens (tertiary/aromatic N) is 1. The van der Waals surface area contributed by atoms with Crippen molar-refractivity contribution in [2.24, 2.45) is 0 Å². The van der Waals surface area contributed by atoms with Gasteiger partial charge in [-0.1, -0.05) is 36.4 Å². The average molecular weight is 338 g/mol. The van der Waals surface area contributed by atoms with Gasteiger partial charge in [-0.2, -0.15) is 0 Å². The number of carboxylic acid groups (broad SMARTS) is 1. The number of carboxylic acids is 1. The first-order valence-corrected chi connectivity index (χ1v) is 8.44. The SMILES string of the molecule is CN(C(=O)NCc1ccc(C(=O)O)cc1)C1CCc2ccccc2C1. The number of urea groups is 1. The Morgan fingerprint density at radius 2 is 1.80 bits per heavy atom. The highest BCUT2D eigenvalue weighted by Gasteiger charge is 2.24. The van der Waals surface area contributed by atoms with Gasteiger partial charge in [0.15, 0.2) is 0 Å². The molecule has 1 unspecified atom stereocenters. The third kappa shape index (κ3) is 3.99. The van der Waals surface area contributed by atoms with Crippen LogP contribution in [0.1, 0.15) is 33.5 Å². The predicted molar refractivity (Wildman–Crippen MR) is 95.7 cm³/mol. The normalized spacial score (nSPS) is 16.0. The van der Waals surface area contributed by atoms with E-state index in [-0.39, 0.29) is 17.6 Å². The van der Waals surface area contributed by atoms with E-state index in [0.717, 1.165) is 24.8 Å². The second kappa shape index (κ2) is 7.38. The monoisotopic (exact) mass is 338 g/mol. The Labute approximate surface area is 147 Å². The number of rotatable bonds is 4. The molecule has 0 heterocycles. The molecule has 0 aromatic heterocycles. The standard InChI is InChI=1S/C20H22N2O3/c1-22(18-11-10-15-4-2-3-5-17(15)12-18)20(25)21-13-14-6-8-16(9-7-14)19(23)24/h2-9,18H,10-13H2,1H3,(H,21,25)(H,23,24). The fourth-order valence-electron chi connectivity index (χ4n) is 3.24. The molecule has 0 aliphatic heterocycles. The molecule has 2 aromatic rings. The quantitative estimate of drug-likeness (QED) is 0.900. The minimum atomic E-state index is -0.951. The van der Waals surface area contributed by atoms with Gasteiger partial charge < -0.3 is 15.3 Å². The molecule has 25 heavy (non-hydrogen) atoms. The summed E-state index contributed by atoms with van der Waals surface area (Å²) in [6.45, 7) is 0.381. The molecule has 0 spiro atoms. The highest BCUT2D eigenvalue weighted by Crippen LogP contribution is 2.23. The van der Waals surface area contributed by atoms with Gasteiger partial charge in [0.25, 0.3) is 0 Å². The van der Waals surface area contributed by atoms with Crippen molar-refractivity contribution in [1.29, 1.82) is 0 Å². The fraction of sp³-hybridized carbons (Fsp3) is 0.300. The Bertz CT molecular complexity index is 771. The lowest BCUT2D eigenvalue weighted by molar-refractivity contribution is 0.0697. The van der Waals surface area contributed by atoms with E-state index in [1.54, 1.807) is 29.2 Å². The fourth-order valence-corrected chi connectivity index (χ4v) is 3.24. The number of hydrogen-bond donors (Lipinski definition) is 2. The zero-order valence-electron chi connectivity index (χ0n) is 14.2. The molecule has 130 valence electrons. The number of fused-ring (bicyclic) bond motifs is 1. The van der Waals surface area contributed by atoms with Gasteiger partial charge in [-0.15, -0.1) is 0 Å². The maximum absolute atomic E-state index is 12.4. The smallest absolute Gasteiger partial charge is 0.335 e. The summed E-state index contributed by atoms with van der Waals surface area (Å²) in [5, 5.41) is 11.8. The van der Waals surface area contributed by atoms with Crippen molar-refractivity contribution < 1.29 is 14.7 Å². The number of nitrogens with one attached hydrogen (secondary N) is 1. The number of carbonyl (C=O) groups is 2. The summed E-state index contributed by atoms with van der Waals surface area (Å²) in [6, 6.07) is 15.0. The van der Waals surface area contributed by atoms with Crippen LogP contribution in [-0.2, 0) is 19.4 Å². The van der Waals surface area contributed by atoms with Gasteiger partial charge >= 0.3 is 12.0 Å². The largest absolute Gasteiger partial charge is 0.478 e. The van der Waals surface area contributed by atoms with Crippen LogP contribution in [0.25, 0.3) is 0 Å². The number of carbonyl (C=O) groups excluding carboxylic acids is 1. The molecule has 2 aromatic carbocycles. The number of likely N-dealkylation sites (N-methyl/N-ethyl adjacent to an activating group) is 1. The molecule has 0 bridgehead atoms. The van der Waals surface area contributed by atoms with E-state index in [4.69, 9.17) is 5.11 Å². The van der Waals surface area contributed by atoms with E-state index in [2.05, 4.69) is 23.5 Å². The number of benzene rings is 2. The molecule has 2 amide bonds. The third-order valence-corrected chi connectivity index (χ3v) is 4.83. The van der Waals surface area contributed by atoms with Crippen LogP contribution >= 0.6 is 0 Å². The summed E-state index contributed by atoms with van der Waals surface area (Å²) >= 11 is 0. The Morgan fingerprint density at radius 1 is 1.12 bits per heavy atom. The van der Waals surface area contributed by atoms with Crippen LogP contribution in [0.4, 0.5) is 4.79 Å². The van der Waals surface area contributed by atoms with E-state index in [9.17, 15) is 9.59 Å². The van der Waals surface area contributed by atoms with Crippen molar-refractivity contribution in [1.82, 2.24) is 10.2 Å². The molecule has 1 aliphatic rings. The number of hydrogen-bond acceptors (Lipinski definition) is 2. The summed E-state index contributed by atoms with van der Waals surface area (Å²) in [6.07, 6.45) is 2.84. The molecule has 2 N–H and O–H groups in total. The summed E-state index contributed by atoms with van der Waals surface area (Å²) < 4.78 is 0. The molecule has 0 saturated heterocycles. The Hall–Kier alpha value is -2.82. The van der Waals surface area contributed by atoms with E-state index in [0.29, 0.717) is 6.54 Å². The van der Waals surface area contributed by atoms with Crippen molar-refractivity contribution in [3.8, 4) is 0 Å². The first kappa shape index (κ1) is 17.0. The Kier molecular flexibility index (Phi) is 5.03. The van der Waals surface area contributed by atoms with Crippen LogP contribution in [-0.4, -0.2) is 35.1 Å². The molecule has 3 rings (SSSR count). The number of aryl methyl sites for hydroxylation is 1. The van der Waals surface area contributed by atoms with Crippen LogP contribution in [0.5, 0.6) is 0 Å². The molecule has 5 nitrogen and oxygen atoms in total. The van der Waals surface area contributed by atoms with E-state index in [1.165, 1.54) is 11.1 Å². The zero-order chi connectivity index (χ0) is 17.8. The number of aromatic carboxylic acids is 1. The Balaban J connectivity index is 1.55. The van der Waals surface area contributed by atoms with Gasteiger partial charge in [-0.25, -0.2) is 9.59 Å². The van der Waals surface area contributed by atoms with Crippen molar-refractivity contribution in [2.75, 3.05) is 7.05 Å². The van der Waals surface area contributed by atoms with Gasteiger partial charge in [0.05, 0.1) is 5.56 Å². The highest BCUT2D eigenvalue weighted by atomic mass is 16.4. The molecule has 5 heteroatoms. The van der Waals surface area contributed by atoms with Gasteiger partial charge in [-0.05, 0) is 48.1 Å². The van der Waals surface area contributed by atoms with E-state index >= 15 is 0 Å². The van der Waals surface area contributed by atoms with Crippen molar-refractivity contribution in [2.45, 2.75) is 31.8 Å². The number of amides is 2. The zero-order valence-corrected chi connectivity index (χ0v) is 14.2. The molecule has 1 aliphatic carbocycles. The second-order valence-electron chi connectivity index (χ2n) is 6.44. The topological polar surface area (TPSA) is 69.6 Å². The van der Waals surface area contributed by atoms with Crippen LogP contribution in [0.15, 0.2) is 48.5 Å². The maximum atomic E-state index is 12.4. The minimum Gasteiger partial charge on any atom is -0.478 e. The van der Waals surface area contributed by atoms with Crippen molar-refractivity contribution in [3.05, 3.63) is 70.8 Å². The molecule has 0 radical (unpaired) electrons. The molecular weight excluding hydrogens is 316 g/mol.